The van der Waals surface area contributed by atoms with Crippen LogP contribution in [0.4, 0.5) is 14.5 Å². The summed E-state index contributed by atoms with van der Waals surface area (Å²) in [5.41, 5.74) is 3.17. The summed E-state index contributed by atoms with van der Waals surface area (Å²) in [6.07, 6.45) is 5.94. The number of nitrogens with zero attached hydrogens (tertiary/aromatic N) is 4. The molecule has 7 rings (SSSR count). The van der Waals surface area contributed by atoms with Gasteiger partial charge in [0.15, 0.2) is 11.6 Å². The molecule has 3 aromatic carbocycles. The topological polar surface area (TPSA) is 116 Å². The highest BCUT2D eigenvalue weighted by molar-refractivity contribution is 6.04. The van der Waals surface area contributed by atoms with Gasteiger partial charge in [0, 0.05) is 41.0 Å². The van der Waals surface area contributed by atoms with Gasteiger partial charge in [-0.3, -0.25) is 19.4 Å². The Bertz CT molecular complexity index is 2090. The molecular formula is C31H22F2N6O4. The minimum atomic E-state index is -0.760. The third-order valence-electron chi connectivity index (χ3n) is 7.34. The van der Waals surface area contributed by atoms with E-state index in [0.717, 1.165) is 51.2 Å². The van der Waals surface area contributed by atoms with Crippen molar-refractivity contribution in [2.45, 2.75) is 13.0 Å². The van der Waals surface area contributed by atoms with Gasteiger partial charge in [-0.15, -0.1) is 0 Å². The zero-order valence-electron chi connectivity index (χ0n) is 22.6. The Morgan fingerprint density at radius 2 is 1.86 bits per heavy atom. The fourth-order valence-corrected chi connectivity index (χ4v) is 5.40. The summed E-state index contributed by atoms with van der Waals surface area (Å²) in [5.74, 6) is -1.42. The van der Waals surface area contributed by atoms with Crippen molar-refractivity contribution in [3.8, 4) is 34.2 Å². The zero-order chi connectivity index (χ0) is 29.7. The van der Waals surface area contributed by atoms with Gasteiger partial charge in [0.05, 0.1) is 30.7 Å². The summed E-state index contributed by atoms with van der Waals surface area (Å²) >= 11 is 0. The van der Waals surface area contributed by atoms with Crippen molar-refractivity contribution in [3.63, 3.8) is 0 Å². The molecule has 43 heavy (non-hydrogen) atoms. The number of H-pyrrole nitrogens is 1. The van der Waals surface area contributed by atoms with Crippen molar-refractivity contribution in [1.82, 2.24) is 24.5 Å². The van der Waals surface area contributed by atoms with E-state index in [4.69, 9.17) is 9.47 Å². The second-order valence-electron chi connectivity index (χ2n) is 9.88. The Kier molecular flexibility index (Phi) is 6.23. The summed E-state index contributed by atoms with van der Waals surface area (Å²) in [7, 11) is 1.37. The number of benzene rings is 3. The number of aromatic amines is 1. The van der Waals surface area contributed by atoms with Crippen molar-refractivity contribution in [1.29, 1.82) is 0 Å². The molecule has 0 radical (unpaired) electrons. The first-order valence-corrected chi connectivity index (χ1v) is 13.3. The number of hydrogen-bond acceptors (Lipinski definition) is 6. The van der Waals surface area contributed by atoms with Crippen LogP contribution in [0.3, 0.4) is 0 Å². The molecule has 0 saturated carbocycles. The van der Waals surface area contributed by atoms with Crippen molar-refractivity contribution in [2.75, 3.05) is 12.4 Å². The van der Waals surface area contributed by atoms with Gasteiger partial charge in [0.25, 0.3) is 11.5 Å². The summed E-state index contributed by atoms with van der Waals surface area (Å²) in [4.78, 5) is 26.4. The van der Waals surface area contributed by atoms with E-state index in [1.165, 1.54) is 55.6 Å². The maximum atomic E-state index is 15.4. The molecule has 0 spiro atoms. The van der Waals surface area contributed by atoms with Crippen LogP contribution in [-0.2, 0) is 13.0 Å². The second-order valence-corrected chi connectivity index (χ2v) is 9.88. The van der Waals surface area contributed by atoms with Gasteiger partial charge < -0.3 is 14.8 Å². The predicted octanol–water partition coefficient (Wildman–Crippen LogP) is 5.46. The number of amides is 1. The predicted molar refractivity (Wildman–Crippen MR) is 154 cm³/mol. The number of methoxy groups -OCH3 is 1. The highest BCUT2D eigenvalue weighted by atomic mass is 19.1. The first-order chi connectivity index (χ1) is 20.9. The zero-order valence-corrected chi connectivity index (χ0v) is 22.6. The van der Waals surface area contributed by atoms with Crippen LogP contribution in [0.25, 0.3) is 27.7 Å². The molecule has 1 aliphatic heterocycles. The average molecular weight is 581 g/mol. The number of rotatable bonds is 7. The smallest absolute Gasteiger partial charge is 0.270 e. The molecule has 1 amide bonds. The lowest BCUT2D eigenvalue weighted by molar-refractivity contribution is 0.102. The van der Waals surface area contributed by atoms with Crippen LogP contribution in [0.2, 0.25) is 0 Å². The van der Waals surface area contributed by atoms with Crippen molar-refractivity contribution in [3.05, 3.63) is 112 Å². The van der Waals surface area contributed by atoms with Crippen LogP contribution in [0, 0.1) is 11.6 Å². The van der Waals surface area contributed by atoms with E-state index >= 15 is 4.39 Å². The highest BCUT2D eigenvalue weighted by Gasteiger charge is 2.25. The van der Waals surface area contributed by atoms with Crippen LogP contribution in [0.15, 0.2) is 84.0 Å². The van der Waals surface area contributed by atoms with Gasteiger partial charge in [-0.25, -0.2) is 13.3 Å². The molecule has 1 aliphatic rings. The summed E-state index contributed by atoms with van der Waals surface area (Å²) < 4.78 is 43.3. The minimum Gasteiger partial charge on any atom is -0.482 e. The third kappa shape index (κ3) is 4.49. The molecule has 0 saturated heterocycles. The Hall–Kier alpha value is -5.78. The number of hydrogen-bond donors (Lipinski definition) is 2. The standard InChI is InChI=1S/C31H22F2N6O4/c1-42-27-9-7-23(31(41)39(27)21-5-2-19(32)3-6-21)30(40)37-20-4-8-25(24(33)13-20)43-26-12-17-16-36-38-11-10-22(29(17)38)28(26)18-14-34-35-15-18/h2-9,12-16H,10-11H2,1H3,(H,34,35)(H,37,40). The lowest BCUT2D eigenvalue weighted by atomic mass is 9.98. The van der Waals surface area contributed by atoms with E-state index in [-0.39, 0.29) is 22.9 Å². The van der Waals surface area contributed by atoms with Gasteiger partial charge in [-0.1, -0.05) is 0 Å². The molecule has 0 fully saturated rings. The van der Waals surface area contributed by atoms with E-state index < -0.39 is 23.1 Å². The van der Waals surface area contributed by atoms with Crippen LogP contribution in [0.5, 0.6) is 17.4 Å². The molecule has 12 heteroatoms. The molecule has 0 atom stereocenters. The van der Waals surface area contributed by atoms with E-state index in [9.17, 15) is 14.0 Å². The van der Waals surface area contributed by atoms with Gasteiger partial charge in [0.2, 0.25) is 5.88 Å². The van der Waals surface area contributed by atoms with Crippen LogP contribution >= 0.6 is 0 Å². The lowest BCUT2D eigenvalue weighted by Gasteiger charge is -2.15. The SMILES string of the molecule is COc1ccc(C(=O)Nc2ccc(Oc3cc4cnn5c4c(c3-c3cn[nH]c3)CC5)c(F)c2)c(=O)n1-c1ccc(F)cc1. The highest BCUT2D eigenvalue weighted by Crippen LogP contribution is 2.43. The van der Waals surface area contributed by atoms with Crippen LogP contribution in [0.1, 0.15) is 15.9 Å². The van der Waals surface area contributed by atoms with Crippen molar-refractivity contribution < 1.29 is 23.0 Å². The molecule has 0 aliphatic carbocycles. The average Bonchev–Trinajstić information content (AvgIpc) is 3.77. The normalized spacial score (nSPS) is 12.1. The number of nitrogens with one attached hydrogen (secondary N) is 2. The van der Waals surface area contributed by atoms with Gasteiger partial charge in [-0.05, 0) is 66.6 Å². The molecule has 0 unspecified atom stereocenters. The van der Waals surface area contributed by atoms with Crippen LogP contribution < -0.4 is 20.3 Å². The van der Waals surface area contributed by atoms with E-state index in [0.29, 0.717) is 11.4 Å². The first kappa shape index (κ1) is 26.1. The molecule has 2 N–H and O–H groups in total. The summed E-state index contributed by atoms with van der Waals surface area (Å²) in [5, 5.41) is 14.8. The van der Waals surface area contributed by atoms with Crippen LogP contribution in [-0.4, -0.2) is 37.6 Å². The first-order valence-electron chi connectivity index (χ1n) is 13.3. The Labute approximate surface area is 242 Å². The number of carbonyl (C=O) groups is 1. The van der Waals surface area contributed by atoms with Crippen molar-refractivity contribution >= 4 is 22.5 Å². The molecule has 10 nitrogen and oxygen atoms in total. The second kappa shape index (κ2) is 10.2. The lowest BCUT2D eigenvalue weighted by Crippen LogP contribution is -2.29. The fourth-order valence-electron chi connectivity index (χ4n) is 5.40. The molecule has 0 bridgehead atoms. The maximum Gasteiger partial charge on any atom is 0.270 e. The quantitative estimate of drug-likeness (QED) is 0.259. The molecule has 6 aromatic rings. The van der Waals surface area contributed by atoms with Gasteiger partial charge in [0.1, 0.15) is 17.1 Å². The number of ether oxygens (including phenoxy) is 2. The summed E-state index contributed by atoms with van der Waals surface area (Å²) in [6.45, 7) is 0.735. The van der Waals surface area contributed by atoms with Gasteiger partial charge in [-0.2, -0.15) is 10.2 Å². The molecule has 214 valence electrons. The monoisotopic (exact) mass is 580 g/mol. The number of anilines is 1. The number of halogens is 2. The van der Waals surface area contributed by atoms with Crippen molar-refractivity contribution in [2.24, 2.45) is 0 Å². The molecule has 3 aromatic heterocycles. The minimum absolute atomic E-state index is 0.0530. The van der Waals surface area contributed by atoms with E-state index in [2.05, 4.69) is 20.6 Å². The maximum absolute atomic E-state index is 15.4. The number of aryl methyl sites for hydroxylation is 2. The Balaban J connectivity index is 1.18. The molecule has 4 heterocycles. The Morgan fingerprint density at radius 3 is 2.60 bits per heavy atom. The number of aromatic nitrogens is 5. The Morgan fingerprint density at radius 1 is 1.02 bits per heavy atom. The number of carbonyl (C=O) groups excluding carboxylic acids is 1. The summed E-state index contributed by atoms with van der Waals surface area (Å²) in [6, 6.07) is 13.7. The fraction of sp³-hybridized carbons (Fsp3) is 0.0968. The van der Waals surface area contributed by atoms with E-state index in [1.54, 1.807) is 18.6 Å². The molecular weight excluding hydrogens is 558 g/mol. The third-order valence-corrected chi connectivity index (χ3v) is 7.34. The van der Waals surface area contributed by atoms with Gasteiger partial charge >= 0.3 is 0 Å². The van der Waals surface area contributed by atoms with E-state index in [1.807, 2.05) is 10.7 Å². The number of pyridine rings is 1. The largest absolute Gasteiger partial charge is 0.482 e.